The molecular weight excluding hydrogens is 279 g/mol. The molecule has 0 spiro atoms. The summed E-state index contributed by atoms with van der Waals surface area (Å²) in [6, 6.07) is 5.44. The Labute approximate surface area is 112 Å². The van der Waals surface area contributed by atoms with Crippen LogP contribution in [0, 0.1) is 0 Å². The summed E-state index contributed by atoms with van der Waals surface area (Å²) in [7, 11) is 0. The summed E-state index contributed by atoms with van der Waals surface area (Å²) < 4.78 is 4.02. The zero-order chi connectivity index (χ0) is 11.8. The van der Waals surface area contributed by atoms with Crippen LogP contribution in [0.2, 0.25) is 10.0 Å². The number of halogens is 2. The number of rotatable bonds is 1. The molecule has 17 heavy (non-hydrogen) atoms. The Morgan fingerprint density at radius 3 is 2.94 bits per heavy atom. The molecule has 0 unspecified atom stereocenters. The molecule has 2 heterocycles. The predicted octanol–water partition coefficient (Wildman–Crippen LogP) is 3.06. The highest BCUT2D eigenvalue weighted by molar-refractivity contribution is 8.13. The third-order valence-electron chi connectivity index (χ3n) is 2.33. The Bertz CT molecular complexity index is 567. The molecule has 0 atom stereocenters. The van der Waals surface area contributed by atoms with Crippen LogP contribution in [0.15, 0.2) is 32.7 Å². The van der Waals surface area contributed by atoms with Crippen LogP contribution < -0.4 is 0 Å². The first-order valence-corrected chi connectivity index (χ1v) is 6.34. The molecule has 0 saturated heterocycles. The van der Waals surface area contributed by atoms with Crippen molar-refractivity contribution >= 4 is 52.4 Å². The Balaban J connectivity index is 1.95. The molecule has 7 heteroatoms. The molecule has 0 aromatic heterocycles. The largest absolute Gasteiger partial charge is 0.253 e. The van der Waals surface area contributed by atoms with Crippen LogP contribution in [-0.2, 0) is 0 Å². The van der Waals surface area contributed by atoms with Crippen LogP contribution in [0.3, 0.4) is 0 Å². The summed E-state index contributed by atoms with van der Waals surface area (Å²) in [5.74, 6) is 0. The van der Waals surface area contributed by atoms with E-state index >= 15 is 0 Å². The molecule has 0 amide bonds. The van der Waals surface area contributed by atoms with E-state index < -0.39 is 0 Å². The molecule has 0 fully saturated rings. The van der Waals surface area contributed by atoms with E-state index in [-0.39, 0.29) is 0 Å². The van der Waals surface area contributed by atoms with Gasteiger partial charge in [0.05, 0.1) is 34.2 Å². The number of fused-ring (bicyclic) bond motifs is 1. The number of hydrogen-bond donors (Lipinski definition) is 0. The standard InChI is InChI=1S/C10H6Cl2N4S/c11-7-2-1-6(3-8(7)12)9-4-13-10-16(15-9)5-14-17-10/h1-3,5H,4H2. The molecule has 0 N–H and O–H groups in total. The van der Waals surface area contributed by atoms with Crippen molar-refractivity contribution in [1.29, 1.82) is 0 Å². The van der Waals surface area contributed by atoms with Gasteiger partial charge in [-0.1, -0.05) is 29.3 Å². The van der Waals surface area contributed by atoms with Crippen molar-refractivity contribution < 1.29 is 0 Å². The van der Waals surface area contributed by atoms with E-state index in [9.17, 15) is 0 Å². The van der Waals surface area contributed by atoms with Crippen molar-refractivity contribution in [3.63, 3.8) is 0 Å². The maximum atomic E-state index is 5.98. The van der Waals surface area contributed by atoms with Crippen LogP contribution in [-0.4, -0.2) is 28.8 Å². The van der Waals surface area contributed by atoms with Crippen LogP contribution in [0.5, 0.6) is 0 Å². The Morgan fingerprint density at radius 2 is 2.12 bits per heavy atom. The fourth-order valence-electron chi connectivity index (χ4n) is 1.51. The maximum absolute atomic E-state index is 5.98. The van der Waals surface area contributed by atoms with Gasteiger partial charge in [0.15, 0.2) is 0 Å². The molecular formula is C10H6Cl2N4S. The van der Waals surface area contributed by atoms with Crippen LogP contribution >= 0.6 is 35.1 Å². The molecule has 1 aromatic carbocycles. The topological polar surface area (TPSA) is 40.3 Å². The van der Waals surface area contributed by atoms with Crippen molar-refractivity contribution in [3.8, 4) is 0 Å². The van der Waals surface area contributed by atoms with E-state index in [0.29, 0.717) is 16.6 Å². The summed E-state index contributed by atoms with van der Waals surface area (Å²) >= 11 is 13.2. The van der Waals surface area contributed by atoms with Gasteiger partial charge in [-0.25, -0.2) is 0 Å². The number of amidine groups is 1. The smallest absolute Gasteiger partial charge is 0.208 e. The zero-order valence-corrected chi connectivity index (χ0v) is 10.8. The quantitative estimate of drug-likeness (QED) is 0.744. The summed E-state index contributed by atoms with van der Waals surface area (Å²) in [5, 5.41) is 7.95. The second-order valence-corrected chi connectivity index (χ2v) is 5.00. The van der Waals surface area contributed by atoms with E-state index in [1.807, 2.05) is 6.07 Å². The Morgan fingerprint density at radius 1 is 1.24 bits per heavy atom. The van der Waals surface area contributed by atoms with Gasteiger partial charge in [-0.15, -0.1) is 0 Å². The SMILES string of the molecule is Clc1ccc(C2=NN3C=NSC3=NC2)cc1Cl. The number of hydrogen-bond acceptors (Lipinski definition) is 5. The maximum Gasteiger partial charge on any atom is 0.208 e. The minimum absolute atomic E-state index is 0.520. The molecule has 0 aliphatic carbocycles. The normalized spacial score (nSPS) is 17.9. The Hall–Kier alpha value is -1.04. The monoisotopic (exact) mass is 284 g/mol. The number of hydrazone groups is 1. The van der Waals surface area contributed by atoms with Gasteiger partial charge >= 0.3 is 0 Å². The van der Waals surface area contributed by atoms with Crippen LogP contribution in [0.25, 0.3) is 0 Å². The van der Waals surface area contributed by atoms with Gasteiger partial charge in [0.25, 0.3) is 0 Å². The molecule has 0 saturated carbocycles. The first-order valence-electron chi connectivity index (χ1n) is 4.81. The van der Waals surface area contributed by atoms with Gasteiger partial charge in [-0.05, 0) is 12.1 Å². The summed E-state index contributed by atoms with van der Waals surface area (Å²) in [6.07, 6.45) is 1.64. The minimum atomic E-state index is 0.520. The fraction of sp³-hybridized carbons (Fsp3) is 0.100. The van der Waals surface area contributed by atoms with Crippen molar-refractivity contribution in [2.24, 2.45) is 14.5 Å². The molecule has 1 aromatic rings. The third kappa shape index (κ3) is 2.06. The van der Waals surface area contributed by atoms with Crippen molar-refractivity contribution in [1.82, 2.24) is 5.01 Å². The average molecular weight is 285 g/mol. The van der Waals surface area contributed by atoms with Crippen LogP contribution in [0.4, 0.5) is 0 Å². The lowest BCUT2D eigenvalue weighted by Crippen LogP contribution is -2.26. The minimum Gasteiger partial charge on any atom is -0.253 e. The van der Waals surface area contributed by atoms with Crippen LogP contribution in [0.1, 0.15) is 5.56 Å². The van der Waals surface area contributed by atoms with Gasteiger partial charge in [-0.2, -0.15) is 14.5 Å². The highest BCUT2D eigenvalue weighted by Gasteiger charge is 2.21. The van der Waals surface area contributed by atoms with Crippen molar-refractivity contribution in [2.45, 2.75) is 0 Å². The fourth-order valence-corrected chi connectivity index (χ4v) is 2.33. The summed E-state index contributed by atoms with van der Waals surface area (Å²) in [5.41, 5.74) is 1.77. The predicted molar refractivity (Wildman–Crippen MR) is 73.2 cm³/mol. The second kappa shape index (κ2) is 4.33. The van der Waals surface area contributed by atoms with E-state index in [1.165, 1.54) is 11.9 Å². The molecule has 2 aliphatic rings. The molecule has 0 bridgehead atoms. The van der Waals surface area contributed by atoms with E-state index in [1.54, 1.807) is 23.5 Å². The summed E-state index contributed by atoms with van der Waals surface area (Å²) in [6.45, 7) is 0.528. The number of benzene rings is 1. The Kier molecular flexibility index (Phi) is 2.82. The first kappa shape index (κ1) is 11.1. The molecule has 2 aliphatic heterocycles. The lowest BCUT2D eigenvalue weighted by atomic mass is 10.1. The van der Waals surface area contributed by atoms with E-state index in [0.717, 1.165) is 16.4 Å². The van der Waals surface area contributed by atoms with Gasteiger partial charge < -0.3 is 0 Å². The summed E-state index contributed by atoms with van der Waals surface area (Å²) in [4.78, 5) is 4.38. The van der Waals surface area contributed by atoms with Gasteiger partial charge in [0, 0.05) is 5.56 Å². The highest BCUT2D eigenvalue weighted by Crippen LogP contribution is 2.25. The zero-order valence-electron chi connectivity index (χ0n) is 8.47. The van der Waals surface area contributed by atoms with Gasteiger partial charge in [0.1, 0.15) is 6.34 Å². The first-order chi connectivity index (χ1) is 8.24. The van der Waals surface area contributed by atoms with Crippen molar-refractivity contribution in [2.75, 3.05) is 6.54 Å². The van der Waals surface area contributed by atoms with E-state index in [4.69, 9.17) is 23.2 Å². The van der Waals surface area contributed by atoms with Gasteiger partial charge in [0.2, 0.25) is 5.17 Å². The lowest BCUT2D eigenvalue weighted by Gasteiger charge is -2.16. The van der Waals surface area contributed by atoms with Crippen molar-refractivity contribution in [3.05, 3.63) is 33.8 Å². The highest BCUT2D eigenvalue weighted by atomic mass is 35.5. The van der Waals surface area contributed by atoms with E-state index in [2.05, 4.69) is 14.5 Å². The third-order valence-corrected chi connectivity index (χ3v) is 3.75. The average Bonchev–Trinajstić information content (AvgIpc) is 2.79. The number of aliphatic imine (C=N–C) groups is 1. The molecule has 4 nitrogen and oxygen atoms in total. The molecule has 3 rings (SSSR count). The van der Waals surface area contributed by atoms with Gasteiger partial charge in [-0.3, -0.25) is 4.99 Å². The second-order valence-electron chi connectivity index (χ2n) is 3.43. The molecule has 0 radical (unpaired) electrons. The molecule has 86 valence electrons. The number of nitrogens with zero attached hydrogens (tertiary/aromatic N) is 4. The lowest BCUT2D eigenvalue weighted by molar-refractivity contribution is 0.683.